The summed E-state index contributed by atoms with van der Waals surface area (Å²) in [6.07, 6.45) is 4.37. The van der Waals surface area contributed by atoms with Gasteiger partial charge in [-0.2, -0.15) is 5.10 Å². The summed E-state index contributed by atoms with van der Waals surface area (Å²) < 4.78 is 10.4. The van der Waals surface area contributed by atoms with E-state index >= 15 is 0 Å². The Morgan fingerprint density at radius 3 is 2.81 bits per heavy atom. The lowest BCUT2D eigenvalue weighted by molar-refractivity contribution is 0.0600. The zero-order valence-corrected chi connectivity index (χ0v) is 14.9. The summed E-state index contributed by atoms with van der Waals surface area (Å²) in [5, 5.41) is 4.27. The molecular formula is C19H14ClN3O4. The normalized spacial score (nSPS) is 10.7. The van der Waals surface area contributed by atoms with Crippen molar-refractivity contribution in [1.82, 2.24) is 10.4 Å². The maximum absolute atomic E-state index is 11.9. The van der Waals surface area contributed by atoms with Crippen molar-refractivity contribution < 1.29 is 18.7 Å². The first kappa shape index (κ1) is 18.3. The van der Waals surface area contributed by atoms with E-state index in [9.17, 15) is 9.59 Å². The number of hydrazone groups is 1. The molecule has 2 aromatic heterocycles. The molecule has 3 aromatic rings. The zero-order valence-electron chi connectivity index (χ0n) is 14.2. The number of furan rings is 1. The van der Waals surface area contributed by atoms with E-state index in [2.05, 4.69) is 15.5 Å². The highest BCUT2D eigenvalue weighted by Crippen LogP contribution is 2.30. The largest absolute Gasteiger partial charge is 0.465 e. The van der Waals surface area contributed by atoms with Crippen LogP contribution in [-0.4, -0.2) is 30.2 Å². The van der Waals surface area contributed by atoms with Gasteiger partial charge in [-0.25, -0.2) is 10.2 Å². The molecule has 7 nitrogen and oxygen atoms in total. The predicted molar refractivity (Wildman–Crippen MR) is 99.8 cm³/mol. The van der Waals surface area contributed by atoms with Crippen LogP contribution in [0.5, 0.6) is 0 Å². The Morgan fingerprint density at radius 1 is 1.22 bits per heavy atom. The number of aromatic nitrogens is 1. The Labute approximate surface area is 159 Å². The van der Waals surface area contributed by atoms with Gasteiger partial charge in [0.1, 0.15) is 11.5 Å². The van der Waals surface area contributed by atoms with E-state index in [1.165, 1.54) is 19.5 Å². The highest BCUT2D eigenvalue weighted by Gasteiger charge is 2.13. The minimum Gasteiger partial charge on any atom is -0.465 e. The lowest BCUT2D eigenvalue weighted by atomic mass is 10.1. The molecule has 27 heavy (non-hydrogen) atoms. The molecule has 0 atom stereocenters. The number of benzene rings is 1. The summed E-state index contributed by atoms with van der Waals surface area (Å²) in [6.45, 7) is 0. The van der Waals surface area contributed by atoms with E-state index < -0.39 is 5.97 Å². The smallest absolute Gasteiger partial charge is 0.337 e. The van der Waals surface area contributed by atoms with Gasteiger partial charge in [-0.05, 0) is 42.5 Å². The van der Waals surface area contributed by atoms with Gasteiger partial charge in [0.25, 0.3) is 5.91 Å². The molecule has 0 fully saturated rings. The van der Waals surface area contributed by atoms with Crippen LogP contribution in [0.3, 0.4) is 0 Å². The minimum absolute atomic E-state index is 0.354. The number of nitrogens with one attached hydrogen (secondary N) is 1. The standard InChI is InChI=1S/C19H14ClN3O4/c1-26-19(25)12-4-6-16(20)15(9-12)17-7-5-14(27-17)11-22-23-18(24)13-3-2-8-21-10-13/h2-11H,1H3,(H,23,24). The number of hydrogen-bond donors (Lipinski definition) is 1. The van der Waals surface area contributed by atoms with Crippen LogP contribution in [0.25, 0.3) is 11.3 Å². The second-order valence-corrected chi connectivity index (χ2v) is 5.74. The number of pyridine rings is 1. The first-order chi connectivity index (χ1) is 13.1. The molecule has 0 saturated heterocycles. The Kier molecular flexibility index (Phi) is 5.63. The topological polar surface area (TPSA) is 93.8 Å². The van der Waals surface area contributed by atoms with Crippen molar-refractivity contribution in [2.24, 2.45) is 5.10 Å². The van der Waals surface area contributed by atoms with E-state index in [0.717, 1.165) is 0 Å². The van der Waals surface area contributed by atoms with Crippen molar-refractivity contribution >= 4 is 29.7 Å². The number of hydrogen-bond acceptors (Lipinski definition) is 6. The third-order valence-electron chi connectivity index (χ3n) is 3.56. The first-order valence-electron chi connectivity index (χ1n) is 7.80. The van der Waals surface area contributed by atoms with Crippen LogP contribution in [0.4, 0.5) is 0 Å². The maximum atomic E-state index is 11.9. The van der Waals surface area contributed by atoms with Crippen LogP contribution in [-0.2, 0) is 4.74 Å². The lowest BCUT2D eigenvalue weighted by Crippen LogP contribution is -2.17. The number of nitrogens with zero attached hydrogens (tertiary/aromatic N) is 2. The van der Waals surface area contributed by atoms with Gasteiger partial charge >= 0.3 is 5.97 Å². The number of halogens is 1. The molecule has 0 aliphatic rings. The van der Waals surface area contributed by atoms with Crippen LogP contribution in [0.2, 0.25) is 5.02 Å². The molecular weight excluding hydrogens is 370 g/mol. The van der Waals surface area contributed by atoms with E-state index in [-0.39, 0.29) is 5.91 Å². The predicted octanol–water partition coefficient (Wildman–Crippen LogP) is 3.55. The first-order valence-corrected chi connectivity index (χ1v) is 8.18. The van der Waals surface area contributed by atoms with E-state index in [1.807, 2.05) is 0 Å². The number of methoxy groups -OCH3 is 1. The molecule has 2 heterocycles. The molecule has 0 saturated carbocycles. The maximum Gasteiger partial charge on any atom is 0.337 e. The average Bonchev–Trinajstić information content (AvgIpc) is 3.17. The fourth-order valence-corrected chi connectivity index (χ4v) is 2.45. The number of esters is 1. The average molecular weight is 384 g/mol. The molecule has 1 N–H and O–H groups in total. The summed E-state index contributed by atoms with van der Waals surface area (Å²) in [5.41, 5.74) is 3.67. The van der Waals surface area contributed by atoms with Crippen molar-refractivity contribution in [1.29, 1.82) is 0 Å². The van der Waals surface area contributed by atoms with Gasteiger partial charge in [0, 0.05) is 18.0 Å². The second kappa shape index (κ2) is 8.29. The lowest BCUT2D eigenvalue weighted by Gasteiger charge is -2.04. The molecule has 3 rings (SSSR count). The van der Waals surface area contributed by atoms with Gasteiger partial charge in [0.2, 0.25) is 0 Å². The van der Waals surface area contributed by atoms with Gasteiger partial charge in [0.05, 0.1) is 29.5 Å². The molecule has 8 heteroatoms. The molecule has 0 bridgehead atoms. The monoisotopic (exact) mass is 383 g/mol. The van der Waals surface area contributed by atoms with Crippen LogP contribution in [0.1, 0.15) is 26.5 Å². The second-order valence-electron chi connectivity index (χ2n) is 5.33. The van der Waals surface area contributed by atoms with Crippen LogP contribution >= 0.6 is 11.6 Å². The Morgan fingerprint density at radius 2 is 2.07 bits per heavy atom. The summed E-state index contributed by atoms with van der Waals surface area (Å²) in [7, 11) is 1.30. The fourth-order valence-electron chi connectivity index (χ4n) is 2.24. The number of amides is 1. The number of rotatable bonds is 5. The minimum atomic E-state index is -0.473. The zero-order chi connectivity index (χ0) is 19.2. The highest BCUT2D eigenvalue weighted by atomic mass is 35.5. The molecule has 1 amide bonds. The molecule has 0 unspecified atom stereocenters. The van der Waals surface area contributed by atoms with Crippen LogP contribution < -0.4 is 5.43 Å². The molecule has 0 aliphatic carbocycles. The third-order valence-corrected chi connectivity index (χ3v) is 3.89. The van der Waals surface area contributed by atoms with Crippen molar-refractivity contribution in [3.8, 4) is 11.3 Å². The van der Waals surface area contributed by atoms with Gasteiger partial charge < -0.3 is 9.15 Å². The van der Waals surface area contributed by atoms with Crippen molar-refractivity contribution in [3.63, 3.8) is 0 Å². The summed E-state index contributed by atoms with van der Waals surface area (Å²) in [6, 6.07) is 11.4. The van der Waals surface area contributed by atoms with E-state index in [0.29, 0.717) is 33.2 Å². The highest BCUT2D eigenvalue weighted by molar-refractivity contribution is 6.33. The summed E-state index contributed by atoms with van der Waals surface area (Å²) in [4.78, 5) is 27.4. The quantitative estimate of drug-likeness (QED) is 0.413. The number of carbonyl (C=O) groups excluding carboxylic acids is 2. The third kappa shape index (κ3) is 4.39. The SMILES string of the molecule is COC(=O)c1ccc(Cl)c(-c2ccc(C=NNC(=O)c3cccnc3)o2)c1. The molecule has 136 valence electrons. The van der Waals surface area contributed by atoms with Gasteiger partial charge in [-0.1, -0.05) is 11.6 Å². The van der Waals surface area contributed by atoms with Crippen molar-refractivity contribution in [2.45, 2.75) is 0 Å². The summed E-state index contributed by atoms with van der Waals surface area (Å²) >= 11 is 6.19. The van der Waals surface area contributed by atoms with Gasteiger partial charge in [0.15, 0.2) is 0 Å². The Bertz CT molecular complexity index is 999. The van der Waals surface area contributed by atoms with Crippen molar-refractivity contribution in [3.05, 3.63) is 76.8 Å². The Balaban J connectivity index is 1.73. The number of ether oxygens (including phenoxy) is 1. The van der Waals surface area contributed by atoms with E-state index in [4.69, 9.17) is 20.8 Å². The molecule has 1 aromatic carbocycles. The van der Waals surface area contributed by atoms with E-state index in [1.54, 1.807) is 48.7 Å². The summed E-state index contributed by atoms with van der Waals surface area (Å²) in [5.74, 6) is -0.0128. The molecule has 0 aliphatic heterocycles. The van der Waals surface area contributed by atoms with Crippen LogP contribution in [0.15, 0.2) is 64.4 Å². The Hall–Kier alpha value is -3.45. The van der Waals surface area contributed by atoms with Crippen molar-refractivity contribution in [2.75, 3.05) is 7.11 Å². The molecule has 0 spiro atoms. The van der Waals surface area contributed by atoms with Gasteiger partial charge in [-0.3, -0.25) is 9.78 Å². The van der Waals surface area contributed by atoms with Gasteiger partial charge in [-0.15, -0.1) is 0 Å². The fraction of sp³-hybridized carbons (Fsp3) is 0.0526. The molecule has 0 radical (unpaired) electrons. The number of carbonyl (C=O) groups is 2. The van der Waals surface area contributed by atoms with Crippen LogP contribution in [0, 0.1) is 0 Å².